The minimum atomic E-state index is -4.85. The predicted molar refractivity (Wildman–Crippen MR) is 150 cm³/mol. The molecule has 0 aliphatic heterocycles. The van der Waals surface area contributed by atoms with E-state index in [1.54, 1.807) is 30.3 Å². The standard InChI is InChI=1S/C28H40F3N3O6S/c1-4-13-34(14-5-2)41(37,38)15-12-27(36)33(19-22-9-7-10-23(17-22)39-3)20-26(35)25(32)18-21-8-6-11-24(16-21)40-28(29,30)31/h6-11,16-17,25-26,35H,4-5,12-15,18-20,32H2,1-3H3/t25-,26+/m0/s1. The molecular weight excluding hydrogens is 563 g/mol. The molecule has 3 N–H and O–H groups in total. The van der Waals surface area contributed by atoms with E-state index in [9.17, 15) is 31.5 Å². The van der Waals surface area contributed by atoms with E-state index in [4.69, 9.17) is 10.5 Å². The first-order chi connectivity index (χ1) is 19.3. The number of sulfonamides is 1. The van der Waals surface area contributed by atoms with Gasteiger partial charge in [-0.15, -0.1) is 13.2 Å². The highest BCUT2D eigenvalue weighted by atomic mass is 32.2. The van der Waals surface area contributed by atoms with Crippen molar-refractivity contribution in [1.29, 1.82) is 0 Å². The normalized spacial score (nSPS) is 13.6. The smallest absolute Gasteiger partial charge is 0.497 e. The maximum absolute atomic E-state index is 13.3. The van der Waals surface area contributed by atoms with Crippen LogP contribution in [0.5, 0.6) is 11.5 Å². The summed E-state index contributed by atoms with van der Waals surface area (Å²) in [5, 5.41) is 10.9. The Hall–Kier alpha value is -2.87. The second kappa shape index (κ2) is 15.9. The highest BCUT2D eigenvalue weighted by Gasteiger charge is 2.31. The maximum atomic E-state index is 13.3. The Balaban J connectivity index is 2.18. The van der Waals surface area contributed by atoms with Gasteiger partial charge in [0, 0.05) is 38.6 Å². The van der Waals surface area contributed by atoms with Crippen molar-refractivity contribution in [2.75, 3.05) is 32.5 Å². The zero-order chi connectivity index (χ0) is 30.6. The van der Waals surface area contributed by atoms with Gasteiger partial charge >= 0.3 is 6.36 Å². The first-order valence-electron chi connectivity index (χ1n) is 13.4. The molecule has 0 spiro atoms. The van der Waals surface area contributed by atoms with E-state index in [0.717, 1.165) is 6.07 Å². The van der Waals surface area contributed by atoms with Crippen molar-refractivity contribution in [3.8, 4) is 11.5 Å². The van der Waals surface area contributed by atoms with E-state index in [1.807, 2.05) is 13.8 Å². The Bertz CT molecular complexity index is 1210. The average molecular weight is 604 g/mol. The molecule has 2 aromatic carbocycles. The van der Waals surface area contributed by atoms with Crippen LogP contribution in [0.25, 0.3) is 0 Å². The molecule has 0 bridgehead atoms. The molecule has 0 aliphatic rings. The van der Waals surface area contributed by atoms with Crippen LogP contribution in [0.3, 0.4) is 0 Å². The minimum Gasteiger partial charge on any atom is -0.497 e. The summed E-state index contributed by atoms with van der Waals surface area (Å²) in [4.78, 5) is 14.7. The van der Waals surface area contributed by atoms with Crippen molar-refractivity contribution in [3.05, 3.63) is 59.7 Å². The summed E-state index contributed by atoms with van der Waals surface area (Å²) in [5.74, 6) is -0.719. The van der Waals surface area contributed by atoms with E-state index >= 15 is 0 Å². The Morgan fingerprint density at radius 2 is 1.61 bits per heavy atom. The summed E-state index contributed by atoms with van der Waals surface area (Å²) in [5.41, 5.74) is 7.29. The number of aliphatic hydroxyl groups is 1. The molecule has 0 fully saturated rings. The van der Waals surface area contributed by atoms with Crippen LogP contribution < -0.4 is 15.2 Å². The lowest BCUT2D eigenvalue weighted by Gasteiger charge is -2.29. The fraction of sp³-hybridized carbons (Fsp3) is 0.536. The SMILES string of the molecule is CCCN(CCC)S(=O)(=O)CCC(=O)N(Cc1cccc(OC)c1)C[C@@H](O)[C@@H](N)Cc1cccc(OC(F)(F)F)c1. The second-order valence-electron chi connectivity index (χ2n) is 9.72. The first-order valence-corrected chi connectivity index (χ1v) is 15.1. The Kier molecular flexibility index (Phi) is 13.4. The fourth-order valence-electron chi connectivity index (χ4n) is 4.28. The number of amides is 1. The van der Waals surface area contributed by atoms with Gasteiger partial charge < -0.3 is 25.2 Å². The Morgan fingerprint density at radius 1 is 1.02 bits per heavy atom. The van der Waals surface area contributed by atoms with Gasteiger partial charge in [-0.2, -0.15) is 0 Å². The van der Waals surface area contributed by atoms with Gasteiger partial charge in [0.15, 0.2) is 0 Å². The van der Waals surface area contributed by atoms with Gasteiger partial charge in [-0.25, -0.2) is 12.7 Å². The minimum absolute atomic E-state index is 0.00872. The number of aliphatic hydroxyl groups excluding tert-OH is 1. The number of hydrogen-bond donors (Lipinski definition) is 2. The van der Waals surface area contributed by atoms with Crippen LogP contribution in [0, 0.1) is 0 Å². The molecule has 1 amide bonds. The second-order valence-corrected chi connectivity index (χ2v) is 11.8. The molecule has 2 atom stereocenters. The van der Waals surface area contributed by atoms with Crippen LogP contribution >= 0.6 is 0 Å². The van der Waals surface area contributed by atoms with Gasteiger partial charge in [-0.1, -0.05) is 38.1 Å². The fourth-order valence-corrected chi connectivity index (χ4v) is 5.89. The molecule has 2 rings (SSSR count). The zero-order valence-electron chi connectivity index (χ0n) is 23.6. The lowest BCUT2D eigenvalue weighted by atomic mass is 10.0. The molecule has 0 radical (unpaired) electrons. The molecule has 0 saturated carbocycles. The molecule has 0 saturated heterocycles. The first kappa shape index (κ1) is 34.3. The van der Waals surface area contributed by atoms with Gasteiger partial charge in [-0.05, 0) is 54.7 Å². The van der Waals surface area contributed by atoms with E-state index < -0.39 is 40.2 Å². The van der Waals surface area contributed by atoms with Crippen molar-refractivity contribution in [3.63, 3.8) is 0 Å². The number of rotatable bonds is 17. The maximum Gasteiger partial charge on any atom is 0.573 e. The van der Waals surface area contributed by atoms with Crippen LogP contribution in [-0.2, 0) is 27.8 Å². The molecule has 0 aliphatic carbocycles. The van der Waals surface area contributed by atoms with Gasteiger partial charge in [0.2, 0.25) is 15.9 Å². The van der Waals surface area contributed by atoms with Crippen LogP contribution in [0.4, 0.5) is 13.2 Å². The summed E-state index contributed by atoms with van der Waals surface area (Å²) in [6, 6.07) is 11.3. The van der Waals surface area contributed by atoms with Crippen LogP contribution in [0.15, 0.2) is 48.5 Å². The summed E-state index contributed by atoms with van der Waals surface area (Å²) >= 11 is 0. The van der Waals surface area contributed by atoms with Gasteiger partial charge in [0.25, 0.3) is 0 Å². The molecule has 0 unspecified atom stereocenters. The Labute approximate surface area is 240 Å². The summed E-state index contributed by atoms with van der Waals surface area (Å²) in [6.45, 7) is 4.32. The highest BCUT2D eigenvalue weighted by molar-refractivity contribution is 7.89. The van der Waals surface area contributed by atoms with E-state index in [0.29, 0.717) is 42.8 Å². The third-order valence-corrected chi connectivity index (χ3v) is 8.15. The van der Waals surface area contributed by atoms with Gasteiger partial charge in [0.05, 0.1) is 19.0 Å². The lowest BCUT2D eigenvalue weighted by Crippen LogP contribution is -2.46. The van der Waals surface area contributed by atoms with E-state index in [1.165, 1.54) is 28.4 Å². The van der Waals surface area contributed by atoms with Gasteiger partial charge in [0.1, 0.15) is 11.5 Å². The number of carbonyl (C=O) groups excluding carboxylic acids is 1. The summed E-state index contributed by atoms with van der Waals surface area (Å²) in [7, 11) is -2.17. The molecule has 0 aromatic heterocycles. The van der Waals surface area contributed by atoms with Crippen LogP contribution in [0.1, 0.15) is 44.2 Å². The molecule has 13 heteroatoms. The van der Waals surface area contributed by atoms with Crippen LogP contribution in [-0.4, -0.2) is 79.6 Å². The largest absolute Gasteiger partial charge is 0.573 e. The van der Waals surface area contributed by atoms with Gasteiger partial charge in [-0.3, -0.25) is 4.79 Å². The number of nitrogens with two attached hydrogens (primary N) is 1. The zero-order valence-corrected chi connectivity index (χ0v) is 24.5. The number of methoxy groups -OCH3 is 1. The number of carbonyl (C=O) groups is 1. The number of nitrogens with zero attached hydrogens (tertiary/aromatic N) is 2. The van der Waals surface area contributed by atoms with Crippen LogP contribution in [0.2, 0.25) is 0 Å². The number of benzene rings is 2. The number of alkyl halides is 3. The molecule has 2 aromatic rings. The topological polar surface area (TPSA) is 122 Å². The molecule has 9 nitrogen and oxygen atoms in total. The number of ether oxygens (including phenoxy) is 2. The van der Waals surface area contributed by atoms with Crippen molar-refractivity contribution in [2.24, 2.45) is 5.73 Å². The molecule has 230 valence electrons. The number of halogens is 3. The molecule has 0 heterocycles. The molecular formula is C28H40F3N3O6S. The monoisotopic (exact) mass is 603 g/mol. The van der Waals surface area contributed by atoms with Crippen molar-refractivity contribution in [1.82, 2.24) is 9.21 Å². The van der Waals surface area contributed by atoms with Crippen molar-refractivity contribution >= 4 is 15.9 Å². The Morgan fingerprint density at radius 3 is 2.20 bits per heavy atom. The van der Waals surface area contributed by atoms with E-state index in [-0.39, 0.29) is 31.7 Å². The quantitative estimate of drug-likeness (QED) is 0.283. The third-order valence-electron chi connectivity index (χ3n) is 6.28. The predicted octanol–water partition coefficient (Wildman–Crippen LogP) is 3.70. The highest BCUT2D eigenvalue weighted by Crippen LogP contribution is 2.24. The molecule has 41 heavy (non-hydrogen) atoms. The average Bonchev–Trinajstić information content (AvgIpc) is 2.90. The summed E-state index contributed by atoms with van der Waals surface area (Å²) < 4.78 is 74.2. The van der Waals surface area contributed by atoms with Crippen molar-refractivity contribution in [2.45, 2.75) is 64.6 Å². The van der Waals surface area contributed by atoms with Crippen molar-refractivity contribution < 1.29 is 41.0 Å². The number of hydrogen-bond acceptors (Lipinski definition) is 7. The lowest BCUT2D eigenvalue weighted by molar-refractivity contribution is -0.274. The summed E-state index contributed by atoms with van der Waals surface area (Å²) in [6.07, 6.45) is -5.11. The van der Waals surface area contributed by atoms with E-state index in [2.05, 4.69) is 4.74 Å². The third kappa shape index (κ3) is 11.9.